The molecule has 2 aromatic carbocycles. The summed E-state index contributed by atoms with van der Waals surface area (Å²) < 4.78 is 18.6. The van der Waals surface area contributed by atoms with Gasteiger partial charge in [-0.25, -0.2) is 4.39 Å². The van der Waals surface area contributed by atoms with Crippen LogP contribution in [0.3, 0.4) is 0 Å². The maximum Gasteiger partial charge on any atom is 0.290 e. The molecule has 5 nitrogen and oxygen atoms in total. The fourth-order valence-electron chi connectivity index (χ4n) is 3.89. The molecule has 6 heteroatoms. The summed E-state index contributed by atoms with van der Waals surface area (Å²) >= 11 is 0. The van der Waals surface area contributed by atoms with E-state index in [1.165, 1.54) is 29.4 Å². The minimum absolute atomic E-state index is 0.0319. The Morgan fingerprint density at radius 1 is 1.06 bits per heavy atom. The summed E-state index contributed by atoms with van der Waals surface area (Å²) in [6.07, 6.45) is 1.37. The molecular weight excluding hydrogens is 409 g/mol. The Hall–Kier alpha value is -3.67. The first-order valence-electron chi connectivity index (χ1n) is 10.3. The largest absolute Gasteiger partial charge is 0.503 e. The lowest BCUT2D eigenvalue weighted by Gasteiger charge is -2.27. The van der Waals surface area contributed by atoms with E-state index in [2.05, 4.69) is 20.8 Å². The predicted octanol–water partition coefficient (Wildman–Crippen LogP) is 5.49. The number of amides is 1. The monoisotopic (exact) mass is 433 g/mol. The molecule has 3 aromatic rings. The second-order valence-electron chi connectivity index (χ2n) is 8.90. The van der Waals surface area contributed by atoms with Crippen molar-refractivity contribution in [1.82, 2.24) is 4.90 Å². The maximum absolute atomic E-state index is 13.4. The molecule has 0 bridgehead atoms. The van der Waals surface area contributed by atoms with E-state index in [-0.39, 0.29) is 29.1 Å². The minimum Gasteiger partial charge on any atom is -0.503 e. The van der Waals surface area contributed by atoms with Gasteiger partial charge in [-0.15, -0.1) is 0 Å². The number of halogens is 1. The summed E-state index contributed by atoms with van der Waals surface area (Å²) in [7, 11) is 0. The molecule has 0 saturated carbocycles. The molecule has 0 fully saturated rings. The first kappa shape index (κ1) is 21.6. The molecule has 1 unspecified atom stereocenters. The van der Waals surface area contributed by atoms with Crippen molar-refractivity contribution >= 4 is 11.7 Å². The predicted molar refractivity (Wildman–Crippen MR) is 118 cm³/mol. The van der Waals surface area contributed by atoms with Crippen LogP contribution in [0.4, 0.5) is 4.39 Å². The number of nitrogens with zero attached hydrogens (tertiary/aromatic N) is 1. The number of aliphatic hydroxyl groups excluding tert-OH is 1. The molecule has 0 spiro atoms. The molecule has 1 atom stereocenters. The van der Waals surface area contributed by atoms with Gasteiger partial charge in [-0.1, -0.05) is 57.2 Å². The first-order valence-corrected chi connectivity index (χ1v) is 10.3. The highest BCUT2D eigenvalue weighted by Gasteiger charge is 2.44. The number of benzene rings is 2. The van der Waals surface area contributed by atoms with Crippen LogP contribution in [0.2, 0.25) is 0 Å². The summed E-state index contributed by atoms with van der Waals surface area (Å²) in [5.41, 5.74) is 2.36. The van der Waals surface area contributed by atoms with Gasteiger partial charge in [-0.3, -0.25) is 9.59 Å². The van der Waals surface area contributed by atoms with E-state index in [1.807, 2.05) is 24.3 Å². The van der Waals surface area contributed by atoms with E-state index >= 15 is 0 Å². The second kappa shape index (κ2) is 8.11. The Morgan fingerprint density at radius 3 is 2.28 bits per heavy atom. The van der Waals surface area contributed by atoms with Gasteiger partial charge in [0.05, 0.1) is 17.9 Å². The number of Topliss-reactive ketones (excluding diaryl/α,β-unsaturated/α-hetero) is 1. The van der Waals surface area contributed by atoms with Crippen molar-refractivity contribution in [2.24, 2.45) is 0 Å². The molecule has 164 valence electrons. The van der Waals surface area contributed by atoms with E-state index in [0.29, 0.717) is 11.1 Å². The Morgan fingerprint density at radius 2 is 1.72 bits per heavy atom. The van der Waals surface area contributed by atoms with Crippen LogP contribution in [-0.2, 0) is 16.8 Å². The van der Waals surface area contributed by atoms with Crippen molar-refractivity contribution in [3.63, 3.8) is 0 Å². The van der Waals surface area contributed by atoms with Gasteiger partial charge >= 0.3 is 0 Å². The summed E-state index contributed by atoms with van der Waals surface area (Å²) in [5.74, 6) is -2.15. The molecule has 1 aliphatic heterocycles. The van der Waals surface area contributed by atoms with Crippen LogP contribution in [0, 0.1) is 5.82 Å². The molecule has 1 aliphatic rings. The highest BCUT2D eigenvalue weighted by Crippen LogP contribution is 2.40. The molecular formula is C26H24FNO4. The fourth-order valence-corrected chi connectivity index (χ4v) is 3.89. The number of furan rings is 1. The second-order valence-corrected chi connectivity index (χ2v) is 8.90. The van der Waals surface area contributed by atoms with Gasteiger partial charge < -0.3 is 14.4 Å². The van der Waals surface area contributed by atoms with Crippen LogP contribution in [0.25, 0.3) is 0 Å². The van der Waals surface area contributed by atoms with Crippen molar-refractivity contribution in [2.75, 3.05) is 0 Å². The Labute approximate surface area is 185 Å². The van der Waals surface area contributed by atoms with E-state index in [4.69, 9.17) is 4.42 Å². The third kappa shape index (κ3) is 3.96. The molecule has 2 heterocycles. The van der Waals surface area contributed by atoms with Crippen LogP contribution in [0.1, 0.15) is 54.1 Å². The Balaban J connectivity index is 1.78. The number of hydrogen-bond acceptors (Lipinski definition) is 4. The fraction of sp³-hybridized carbons (Fsp3) is 0.231. The zero-order valence-electron chi connectivity index (χ0n) is 18.1. The Kier molecular flexibility index (Phi) is 5.46. The topological polar surface area (TPSA) is 70.7 Å². The van der Waals surface area contributed by atoms with E-state index in [1.54, 1.807) is 18.2 Å². The van der Waals surface area contributed by atoms with E-state index in [9.17, 15) is 19.1 Å². The van der Waals surface area contributed by atoms with E-state index in [0.717, 1.165) is 5.56 Å². The van der Waals surface area contributed by atoms with Gasteiger partial charge in [0, 0.05) is 6.54 Å². The summed E-state index contributed by atoms with van der Waals surface area (Å²) in [5, 5.41) is 10.7. The van der Waals surface area contributed by atoms with Crippen LogP contribution >= 0.6 is 0 Å². The quantitative estimate of drug-likeness (QED) is 0.540. The maximum atomic E-state index is 13.4. The van der Waals surface area contributed by atoms with Crippen LogP contribution < -0.4 is 0 Å². The lowest BCUT2D eigenvalue weighted by molar-refractivity contribution is -0.130. The molecule has 32 heavy (non-hydrogen) atoms. The first-order chi connectivity index (χ1) is 15.2. The molecule has 4 rings (SSSR count). The number of carbonyl (C=O) groups excluding carboxylic acids is 2. The molecule has 1 aromatic heterocycles. The summed E-state index contributed by atoms with van der Waals surface area (Å²) in [6.45, 7) is 6.39. The van der Waals surface area contributed by atoms with Crippen molar-refractivity contribution in [2.45, 2.75) is 38.8 Å². The smallest absolute Gasteiger partial charge is 0.290 e. The molecule has 0 radical (unpaired) electrons. The standard InChI is InChI=1S/C26H24FNO4/c1-26(2,3)18-10-8-17(9-11-18)22-21(23(29)20-5-4-14-32-20)24(30)25(31)28(22)15-16-6-12-19(27)13-7-16/h4-14,22,30H,15H2,1-3H3. The third-order valence-corrected chi connectivity index (χ3v) is 5.65. The number of carbonyl (C=O) groups is 2. The van der Waals surface area contributed by atoms with E-state index < -0.39 is 23.5 Å². The van der Waals surface area contributed by atoms with Crippen molar-refractivity contribution < 1.29 is 23.5 Å². The van der Waals surface area contributed by atoms with Crippen LogP contribution in [0.15, 0.2) is 82.7 Å². The summed E-state index contributed by atoms with van der Waals surface area (Å²) in [6, 6.07) is 15.7. The van der Waals surface area contributed by atoms with Gasteiger partial charge in [-0.2, -0.15) is 0 Å². The number of ketones is 1. The van der Waals surface area contributed by atoms with Gasteiger partial charge in [0.15, 0.2) is 11.5 Å². The zero-order chi connectivity index (χ0) is 23.0. The zero-order valence-corrected chi connectivity index (χ0v) is 18.1. The van der Waals surface area contributed by atoms with Crippen molar-refractivity contribution in [1.29, 1.82) is 0 Å². The van der Waals surface area contributed by atoms with Gasteiger partial charge in [0.25, 0.3) is 5.91 Å². The number of rotatable bonds is 5. The molecule has 1 amide bonds. The lowest BCUT2D eigenvalue weighted by Crippen LogP contribution is -2.30. The van der Waals surface area contributed by atoms with Crippen LogP contribution in [-0.4, -0.2) is 21.7 Å². The third-order valence-electron chi connectivity index (χ3n) is 5.65. The minimum atomic E-state index is -0.806. The SMILES string of the molecule is CC(C)(C)c1ccc(C2C(C(=O)c3ccco3)=C(O)C(=O)N2Cc2ccc(F)cc2)cc1. The van der Waals surface area contributed by atoms with Crippen molar-refractivity contribution in [3.05, 3.63) is 107 Å². The number of aliphatic hydroxyl groups is 1. The molecule has 0 saturated heterocycles. The van der Waals surface area contributed by atoms with Gasteiger partial charge in [0.1, 0.15) is 5.82 Å². The van der Waals surface area contributed by atoms with Crippen molar-refractivity contribution in [3.8, 4) is 0 Å². The van der Waals surface area contributed by atoms with Crippen LogP contribution in [0.5, 0.6) is 0 Å². The molecule has 0 aliphatic carbocycles. The normalized spacial score (nSPS) is 16.7. The summed E-state index contributed by atoms with van der Waals surface area (Å²) in [4.78, 5) is 27.6. The number of hydrogen-bond donors (Lipinski definition) is 1. The average Bonchev–Trinajstić information content (AvgIpc) is 3.38. The molecule has 1 N–H and O–H groups in total. The highest BCUT2D eigenvalue weighted by atomic mass is 19.1. The average molecular weight is 433 g/mol. The van der Waals surface area contributed by atoms with Gasteiger partial charge in [0.2, 0.25) is 5.78 Å². The lowest BCUT2D eigenvalue weighted by atomic mass is 9.85. The van der Waals surface area contributed by atoms with Gasteiger partial charge in [-0.05, 0) is 46.4 Å². The Bertz CT molecular complexity index is 1170. The highest BCUT2D eigenvalue weighted by molar-refractivity contribution is 6.15.